The zero-order valence-electron chi connectivity index (χ0n) is 9.99. The maximum absolute atomic E-state index is 13.7. The van der Waals surface area contributed by atoms with E-state index in [0.29, 0.717) is 10.4 Å². The molecule has 1 fully saturated rings. The van der Waals surface area contributed by atoms with E-state index in [0.717, 1.165) is 0 Å². The Balaban J connectivity index is 2.11. The Labute approximate surface area is 109 Å². The van der Waals surface area contributed by atoms with Crippen LogP contribution in [-0.4, -0.2) is 5.54 Å². The van der Waals surface area contributed by atoms with E-state index in [1.54, 1.807) is 0 Å². The van der Waals surface area contributed by atoms with Crippen LogP contribution in [0.1, 0.15) is 32.3 Å². The Morgan fingerprint density at radius 2 is 2.00 bits per heavy atom. The van der Waals surface area contributed by atoms with Gasteiger partial charge in [0.1, 0.15) is 11.6 Å². The maximum atomic E-state index is 13.7. The quantitative estimate of drug-likeness (QED) is 0.829. The predicted octanol–water partition coefficient (Wildman–Crippen LogP) is 4.01. The summed E-state index contributed by atoms with van der Waals surface area (Å²) in [6.07, 6.45) is 2.40. The fourth-order valence-corrected chi connectivity index (χ4v) is 2.37. The molecule has 0 radical (unpaired) electrons. The van der Waals surface area contributed by atoms with Crippen molar-refractivity contribution in [2.75, 3.05) is 0 Å². The SMILES string of the molecule is CC(C)(NCc1c(F)ccc(Br)c1F)C1CC1. The molecule has 0 aromatic heterocycles. The Kier molecular flexibility index (Phi) is 3.55. The molecule has 0 bridgehead atoms. The molecule has 1 aliphatic rings. The minimum atomic E-state index is -0.510. The summed E-state index contributed by atoms with van der Waals surface area (Å²) in [4.78, 5) is 0. The van der Waals surface area contributed by atoms with E-state index in [1.165, 1.54) is 25.0 Å². The number of hydrogen-bond acceptors (Lipinski definition) is 1. The molecule has 1 aromatic rings. The third-order valence-electron chi connectivity index (χ3n) is 3.46. The molecule has 4 heteroatoms. The van der Waals surface area contributed by atoms with Crippen LogP contribution in [-0.2, 0) is 6.54 Å². The van der Waals surface area contributed by atoms with Gasteiger partial charge in [0, 0.05) is 17.6 Å². The molecule has 0 spiro atoms. The van der Waals surface area contributed by atoms with Crippen molar-refractivity contribution < 1.29 is 8.78 Å². The lowest BCUT2D eigenvalue weighted by Gasteiger charge is -2.26. The first-order chi connectivity index (χ1) is 7.92. The Hall–Kier alpha value is -0.480. The summed E-state index contributed by atoms with van der Waals surface area (Å²) in [6, 6.07) is 2.68. The van der Waals surface area contributed by atoms with Crippen LogP contribution >= 0.6 is 15.9 Å². The molecule has 2 rings (SSSR count). The van der Waals surface area contributed by atoms with Crippen molar-refractivity contribution >= 4 is 15.9 Å². The average Bonchev–Trinajstić information content (AvgIpc) is 3.07. The van der Waals surface area contributed by atoms with Crippen molar-refractivity contribution in [2.45, 2.75) is 38.8 Å². The number of hydrogen-bond donors (Lipinski definition) is 1. The van der Waals surface area contributed by atoms with Gasteiger partial charge < -0.3 is 5.32 Å². The lowest BCUT2D eigenvalue weighted by molar-refractivity contribution is 0.333. The van der Waals surface area contributed by atoms with Crippen molar-refractivity contribution in [1.82, 2.24) is 5.32 Å². The normalized spacial score (nSPS) is 16.3. The van der Waals surface area contributed by atoms with E-state index in [2.05, 4.69) is 35.1 Å². The van der Waals surface area contributed by atoms with Crippen molar-refractivity contribution in [3.05, 3.63) is 33.8 Å². The molecule has 17 heavy (non-hydrogen) atoms. The molecule has 0 aliphatic heterocycles. The van der Waals surface area contributed by atoms with Crippen LogP contribution in [0.3, 0.4) is 0 Å². The fourth-order valence-electron chi connectivity index (χ4n) is 2.00. The largest absolute Gasteiger partial charge is 0.307 e. The van der Waals surface area contributed by atoms with Gasteiger partial charge >= 0.3 is 0 Å². The molecule has 1 aliphatic carbocycles. The van der Waals surface area contributed by atoms with Crippen LogP contribution in [0.25, 0.3) is 0 Å². The molecule has 0 unspecified atom stereocenters. The molecule has 1 nitrogen and oxygen atoms in total. The van der Waals surface area contributed by atoms with Gasteiger partial charge in [-0.05, 0) is 60.7 Å². The Bertz CT molecular complexity index is 428. The second-order valence-electron chi connectivity index (χ2n) is 5.17. The summed E-state index contributed by atoms with van der Waals surface area (Å²) in [6.45, 7) is 4.39. The van der Waals surface area contributed by atoms with Gasteiger partial charge in [-0.2, -0.15) is 0 Å². The Morgan fingerprint density at radius 1 is 1.35 bits per heavy atom. The van der Waals surface area contributed by atoms with Gasteiger partial charge in [0.05, 0.1) is 4.47 Å². The van der Waals surface area contributed by atoms with Gasteiger partial charge in [-0.3, -0.25) is 0 Å². The van der Waals surface area contributed by atoms with Crippen molar-refractivity contribution in [3.8, 4) is 0 Å². The van der Waals surface area contributed by atoms with E-state index >= 15 is 0 Å². The topological polar surface area (TPSA) is 12.0 Å². The third kappa shape index (κ3) is 2.86. The van der Waals surface area contributed by atoms with Crippen LogP contribution in [0.2, 0.25) is 0 Å². The Morgan fingerprint density at radius 3 is 2.59 bits per heavy atom. The molecule has 0 heterocycles. The number of benzene rings is 1. The molecule has 1 N–H and O–H groups in total. The van der Waals surface area contributed by atoms with Crippen molar-refractivity contribution in [3.63, 3.8) is 0 Å². The summed E-state index contributed by atoms with van der Waals surface area (Å²) in [5.74, 6) is -0.380. The standard InChI is InChI=1S/C13H16BrF2N/c1-13(2,8-3-4-8)17-7-9-11(15)6-5-10(14)12(9)16/h5-6,8,17H,3-4,7H2,1-2H3. The molecular formula is C13H16BrF2N. The summed E-state index contributed by atoms with van der Waals surface area (Å²) in [5.41, 5.74) is 0.0504. The molecule has 94 valence electrons. The number of nitrogens with one attached hydrogen (secondary N) is 1. The predicted molar refractivity (Wildman–Crippen MR) is 67.7 cm³/mol. The minimum absolute atomic E-state index is 0.0544. The van der Waals surface area contributed by atoms with Gasteiger partial charge in [0.15, 0.2) is 0 Å². The van der Waals surface area contributed by atoms with Crippen LogP contribution in [0, 0.1) is 17.6 Å². The molecule has 1 saturated carbocycles. The molecule has 1 aromatic carbocycles. The first-order valence-electron chi connectivity index (χ1n) is 5.79. The highest BCUT2D eigenvalue weighted by atomic mass is 79.9. The molecule has 0 atom stereocenters. The lowest BCUT2D eigenvalue weighted by atomic mass is 9.98. The van der Waals surface area contributed by atoms with Crippen LogP contribution in [0.4, 0.5) is 8.78 Å². The van der Waals surface area contributed by atoms with Crippen molar-refractivity contribution in [1.29, 1.82) is 0 Å². The van der Waals surface area contributed by atoms with Gasteiger partial charge in [0.25, 0.3) is 0 Å². The van der Waals surface area contributed by atoms with Gasteiger partial charge in [-0.25, -0.2) is 8.78 Å². The maximum Gasteiger partial charge on any atom is 0.144 e. The molecular weight excluding hydrogens is 288 g/mol. The van der Waals surface area contributed by atoms with E-state index in [4.69, 9.17) is 0 Å². The molecule has 0 amide bonds. The highest BCUT2D eigenvalue weighted by molar-refractivity contribution is 9.10. The van der Waals surface area contributed by atoms with E-state index < -0.39 is 11.6 Å². The second-order valence-corrected chi connectivity index (χ2v) is 6.03. The van der Waals surface area contributed by atoms with E-state index in [1.807, 2.05) is 0 Å². The monoisotopic (exact) mass is 303 g/mol. The van der Waals surface area contributed by atoms with Crippen LogP contribution in [0.5, 0.6) is 0 Å². The average molecular weight is 304 g/mol. The highest BCUT2D eigenvalue weighted by Gasteiger charge is 2.37. The van der Waals surface area contributed by atoms with Crippen LogP contribution < -0.4 is 5.32 Å². The summed E-state index contributed by atoms with van der Waals surface area (Å²) in [7, 11) is 0. The third-order valence-corrected chi connectivity index (χ3v) is 4.07. The first-order valence-corrected chi connectivity index (χ1v) is 6.58. The highest BCUT2D eigenvalue weighted by Crippen LogP contribution is 2.39. The molecule has 0 saturated heterocycles. The van der Waals surface area contributed by atoms with Gasteiger partial charge in [-0.15, -0.1) is 0 Å². The lowest BCUT2D eigenvalue weighted by Crippen LogP contribution is -2.41. The van der Waals surface area contributed by atoms with E-state index in [-0.39, 0.29) is 17.6 Å². The van der Waals surface area contributed by atoms with Gasteiger partial charge in [-0.1, -0.05) is 0 Å². The smallest absolute Gasteiger partial charge is 0.144 e. The first kappa shape index (κ1) is 13.0. The zero-order valence-corrected chi connectivity index (χ0v) is 11.6. The number of rotatable bonds is 4. The summed E-state index contributed by atoms with van der Waals surface area (Å²) in [5, 5.41) is 3.25. The van der Waals surface area contributed by atoms with Gasteiger partial charge in [0.2, 0.25) is 0 Å². The second kappa shape index (κ2) is 4.65. The van der Waals surface area contributed by atoms with Crippen LogP contribution in [0.15, 0.2) is 16.6 Å². The minimum Gasteiger partial charge on any atom is -0.307 e. The fraction of sp³-hybridized carbons (Fsp3) is 0.538. The summed E-state index contributed by atoms with van der Waals surface area (Å²) < 4.78 is 27.6. The summed E-state index contributed by atoms with van der Waals surface area (Å²) >= 11 is 3.07. The zero-order chi connectivity index (χ0) is 12.6. The number of halogens is 3. The van der Waals surface area contributed by atoms with Crippen molar-refractivity contribution in [2.24, 2.45) is 5.92 Å². The van der Waals surface area contributed by atoms with E-state index in [9.17, 15) is 8.78 Å².